The number of aliphatic hydroxyl groups excluding tert-OH is 1. The Labute approximate surface area is 112 Å². The molecule has 0 radical (unpaired) electrons. The zero-order valence-electron chi connectivity index (χ0n) is 10.8. The molecule has 5 rings (SSSR count). The number of aliphatic hydroxyl groups is 1. The van der Waals surface area contributed by atoms with Crippen molar-refractivity contribution in [3.05, 3.63) is 30.1 Å². The smallest absolute Gasteiger partial charge is 0.146 e. The lowest BCUT2D eigenvalue weighted by Crippen LogP contribution is -2.66. The summed E-state index contributed by atoms with van der Waals surface area (Å²) >= 11 is 0. The van der Waals surface area contributed by atoms with E-state index in [9.17, 15) is 9.90 Å². The first-order valence-corrected chi connectivity index (χ1v) is 7.03. The molecule has 4 bridgehead atoms. The third kappa shape index (κ3) is 1.47. The van der Waals surface area contributed by atoms with Crippen LogP contribution in [0.4, 0.5) is 0 Å². The molecule has 3 saturated heterocycles. The van der Waals surface area contributed by atoms with Crippen molar-refractivity contribution in [2.24, 2.45) is 17.3 Å². The van der Waals surface area contributed by atoms with Crippen molar-refractivity contribution in [2.45, 2.75) is 18.9 Å². The quantitative estimate of drug-likeness (QED) is 0.860. The summed E-state index contributed by atoms with van der Waals surface area (Å²) in [5, 5.41) is 9.70. The monoisotopic (exact) mass is 258 g/mol. The van der Waals surface area contributed by atoms with Gasteiger partial charge in [0.05, 0.1) is 12.0 Å². The highest BCUT2D eigenvalue weighted by Crippen LogP contribution is 2.55. The number of pyridine rings is 1. The van der Waals surface area contributed by atoms with Crippen LogP contribution in [0, 0.1) is 17.3 Å². The standard InChI is InChI=1S/C15H18N2O2/c18-9-15-5-11-4-12(14(15)19)7-17(8-15)13(11)10-2-1-3-16-6-10/h1-3,6,11-13,18H,4-5,7-9H2. The predicted octanol–water partition coefficient (Wildman–Crippen LogP) is 1.03. The van der Waals surface area contributed by atoms with Gasteiger partial charge >= 0.3 is 0 Å². The minimum atomic E-state index is -0.468. The summed E-state index contributed by atoms with van der Waals surface area (Å²) in [5.41, 5.74) is 0.789. The van der Waals surface area contributed by atoms with Crippen LogP contribution in [0.3, 0.4) is 0 Å². The number of nitrogens with zero attached hydrogens (tertiary/aromatic N) is 2. The number of hydrogen-bond donors (Lipinski definition) is 1. The fourth-order valence-corrected chi connectivity index (χ4v) is 4.60. The van der Waals surface area contributed by atoms with E-state index in [-0.39, 0.29) is 12.5 Å². The molecule has 1 aromatic rings. The van der Waals surface area contributed by atoms with E-state index in [4.69, 9.17) is 0 Å². The fourth-order valence-electron chi connectivity index (χ4n) is 4.60. The largest absolute Gasteiger partial charge is 0.395 e. The zero-order chi connectivity index (χ0) is 13.0. The van der Waals surface area contributed by atoms with Crippen LogP contribution in [-0.2, 0) is 4.79 Å². The molecule has 4 heterocycles. The Morgan fingerprint density at radius 2 is 2.42 bits per heavy atom. The van der Waals surface area contributed by atoms with Crippen molar-refractivity contribution in [1.82, 2.24) is 9.88 Å². The van der Waals surface area contributed by atoms with Gasteiger partial charge in [0.25, 0.3) is 0 Å². The summed E-state index contributed by atoms with van der Waals surface area (Å²) in [4.78, 5) is 19.0. The number of rotatable bonds is 2. The highest BCUT2D eigenvalue weighted by atomic mass is 16.3. The Morgan fingerprint density at radius 1 is 1.53 bits per heavy atom. The first kappa shape index (κ1) is 11.6. The minimum Gasteiger partial charge on any atom is -0.395 e. The summed E-state index contributed by atoms with van der Waals surface area (Å²) in [6.07, 6.45) is 5.57. The van der Waals surface area contributed by atoms with Gasteiger partial charge in [-0.3, -0.25) is 14.7 Å². The third-order valence-corrected chi connectivity index (χ3v) is 5.26. The number of piperidine rings is 3. The molecule has 1 saturated carbocycles. The van der Waals surface area contributed by atoms with Gasteiger partial charge in [-0.25, -0.2) is 0 Å². The Morgan fingerprint density at radius 3 is 3.11 bits per heavy atom. The maximum absolute atomic E-state index is 12.4. The molecular weight excluding hydrogens is 240 g/mol. The van der Waals surface area contributed by atoms with Crippen LogP contribution >= 0.6 is 0 Å². The average Bonchev–Trinajstić information content (AvgIpc) is 2.44. The van der Waals surface area contributed by atoms with Gasteiger partial charge in [-0.05, 0) is 30.4 Å². The second kappa shape index (κ2) is 3.87. The van der Waals surface area contributed by atoms with Crippen LogP contribution < -0.4 is 0 Å². The van der Waals surface area contributed by atoms with Crippen molar-refractivity contribution in [3.63, 3.8) is 0 Å². The molecule has 3 aliphatic heterocycles. The van der Waals surface area contributed by atoms with E-state index in [1.807, 2.05) is 12.3 Å². The first-order valence-electron chi connectivity index (χ1n) is 7.03. The second-order valence-electron chi connectivity index (χ2n) is 6.36. The van der Waals surface area contributed by atoms with Gasteiger partial charge in [0.1, 0.15) is 5.78 Å². The van der Waals surface area contributed by atoms with Gasteiger partial charge in [-0.1, -0.05) is 6.07 Å². The number of Topliss-reactive ketones (excluding diaryl/α,β-unsaturated/α-hetero) is 1. The van der Waals surface area contributed by atoms with E-state index < -0.39 is 5.41 Å². The van der Waals surface area contributed by atoms with Gasteiger partial charge in [-0.15, -0.1) is 0 Å². The molecule has 5 unspecified atom stereocenters. The molecule has 5 atom stereocenters. The number of aromatic nitrogens is 1. The Bertz CT molecular complexity index is 500. The normalized spacial score (nSPS) is 43.7. The number of hydrogen-bond acceptors (Lipinski definition) is 4. The van der Waals surface area contributed by atoms with E-state index in [0.29, 0.717) is 17.7 Å². The Hall–Kier alpha value is -1.26. The lowest BCUT2D eigenvalue weighted by atomic mass is 9.56. The first-order chi connectivity index (χ1) is 9.23. The maximum atomic E-state index is 12.4. The fraction of sp³-hybridized carbons (Fsp3) is 0.600. The molecule has 0 spiro atoms. The molecule has 1 N–H and O–H groups in total. The van der Waals surface area contributed by atoms with Crippen LogP contribution in [0.5, 0.6) is 0 Å². The van der Waals surface area contributed by atoms with E-state index in [1.165, 1.54) is 5.56 Å². The molecule has 4 heteroatoms. The molecular formula is C15H18N2O2. The lowest BCUT2D eigenvalue weighted by Gasteiger charge is -2.60. The van der Waals surface area contributed by atoms with Gasteiger partial charge in [0, 0.05) is 37.4 Å². The SMILES string of the molecule is O=C1C2CC3CC1(CO)CN(C2)C3c1cccnc1. The molecule has 100 valence electrons. The van der Waals surface area contributed by atoms with Crippen LogP contribution in [0.2, 0.25) is 0 Å². The second-order valence-corrected chi connectivity index (χ2v) is 6.36. The van der Waals surface area contributed by atoms with Gasteiger partial charge in [-0.2, -0.15) is 0 Å². The highest BCUT2D eigenvalue weighted by molar-refractivity contribution is 5.89. The predicted molar refractivity (Wildman–Crippen MR) is 69.3 cm³/mol. The number of ketones is 1. The van der Waals surface area contributed by atoms with Crippen molar-refractivity contribution < 1.29 is 9.90 Å². The molecule has 1 aromatic heterocycles. The number of carbonyl (C=O) groups excluding carboxylic acids is 1. The topological polar surface area (TPSA) is 53.4 Å². The van der Waals surface area contributed by atoms with E-state index in [0.717, 1.165) is 25.9 Å². The van der Waals surface area contributed by atoms with Crippen molar-refractivity contribution in [3.8, 4) is 0 Å². The summed E-state index contributed by atoms with van der Waals surface area (Å²) < 4.78 is 0. The van der Waals surface area contributed by atoms with Gasteiger partial charge in [0.15, 0.2) is 0 Å². The van der Waals surface area contributed by atoms with Crippen LogP contribution in [0.1, 0.15) is 24.4 Å². The van der Waals surface area contributed by atoms with E-state index in [2.05, 4.69) is 16.0 Å². The minimum absolute atomic E-state index is 0.00902. The molecule has 0 aromatic carbocycles. The van der Waals surface area contributed by atoms with Crippen molar-refractivity contribution >= 4 is 5.78 Å². The highest BCUT2D eigenvalue weighted by Gasteiger charge is 2.59. The van der Waals surface area contributed by atoms with Gasteiger partial charge in [0.2, 0.25) is 0 Å². The molecule has 19 heavy (non-hydrogen) atoms. The van der Waals surface area contributed by atoms with Crippen LogP contribution in [0.15, 0.2) is 24.5 Å². The lowest BCUT2D eigenvalue weighted by molar-refractivity contribution is -0.170. The molecule has 4 fully saturated rings. The molecule has 1 aliphatic carbocycles. The number of carbonyl (C=O) groups is 1. The Kier molecular flexibility index (Phi) is 2.35. The van der Waals surface area contributed by atoms with Crippen LogP contribution in [-0.4, -0.2) is 40.5 Å². The molecule has 0 amide bonds. The molecule has 4 aliphatic rings. The Balaban J connectivity index is 1.72. The summed E-state index contributed by atoms with van der Waals surface area (Å²) in [6.45, 7) is 1.58. The molecule has 4 nitrogen and oxygen atoms in total. The van der Waals surface area contributed by atoms with E-state index >= 15 is 0 Å². The van der Waals surface area contributed by atoms with Crippen LogP contribution in [0.25, 0.3) is 0 Å². The van der Waals surface area contributed by atoms with Crippen molar-refractivity contribution in [2.75, 3.05) is 19.7 Å². The maximum Gasteiger partial charge on any atom is 0.146 e. The summed E-state index contributed by atoms with van der Waals surface area (Å²) in [5.74, 6) is 0.946. The zero-order valence-corrected chi connectivity index (χ0v) is 10.8. The van der Waals surface area contributed by atoms with Gasteiger partial charge < -0.3 is 5.11 Å². The van der Waals surface area contributed by atoms with E-state index in [1.54, 1.807) is 6.20 Å². The summed E-state index contributed by atoms with van der Waals surface area (Å²) in [6, 6.07) is 4.50. The average molecular weight is 258 g/mol. The third-order valence-electron chi connectivity index (χ3n) is 5.26. The summed E-state index contributed by atoms with van der Waals surface area (Å²) in [7, 11) is 0. The van der Waals surface area contributed by atoms with Crippen molar-refractivity contribution in [1.29, 1.82) is 0 Å².